The van der Waals surface area contributed by atoms with Crippen molar-refractivity contribution in [1.82, 2.24) is 0 Å². The molecule has 1 atom stereocenters. The Labute approximate surface area is 185 Å². The van der Waals surface area contributed by atoms with Crippen molar-refractivity contribution in [3.8, 4) is 11.5 Å². The zero-order valence-corrected chi connectivity index (χ0v) is 18.5. The van der Waals surface area contributed by atoms with E-state index in [4.69, 9.17) is 14.2 Å². The van der Waals surface area contributed by atoms with Crippen molar-refractivity contribution in [3.05, 3.63) is 53.7 Å². The molecule has 1 heterocycles. The second-order valence-electron chi connectivity index (χ2n) is 7.95. The highest BCUT2D eigenvalue weighted by atomic mass is 16.6. The van der Waals surface area contributed by atoms with E-state index < -0.39 is 0 Å². The van der Waals surface area contributed by atoms with Crippen molar-refractivity contribution in [3.63, 3.8) is 0 Å². The van der Waals surface area contributed by atoms with E-state index in [1.54, 1.807) is 36.4 Å². The van der Waals surface area contributed by atoms with E-state index in [1.807, 2.05) is 12.1 Å². The standard InChI is InChI=1S/C25H34N2O4/c1-2-3-4-5-6-7-8-9-18-29-23-14-10-21(11-15-23)26-27(28)22-12-16-24(17-13-22)30-19-25-20-31-25/h10-17,25H,2-9,18-20H2,1H3. The van der Waals surface area contributed by atoms with Crippen LogP contribution in [0.4, 0.5) is 11.4 Å². The first-order chi connectivity index (χ1) is 15.2. The lowest BCUT2D eigenvalue weighted by molar-refractivity contribution is -0.435. The van der Waals surface area contributed by atoms with Crippen LogP contribution < -0.4 is 9.47 Å². The number of unbranched alkanes of at least 4 members (excludes halogenated alkanes) is 7. The van der Waals surface area contributed by atoms with Gasteiger partial charge in [-0.15, -0.1) is 0 Å². The van der Waals surface area contributed by atoms with Gasteiger partial charge in [0.1, 0.15) is 29.9 Å². The zero-order chi connectivity index (χ0) is 21.7. The maximum Gasteiger partial charge on any atom is 0.245 e. The average Bonchev–Trinajstić information content (AvgIpc) is 3.62. The van der Waals surface area contributed by atoms with Crippen molar-refractivity contribution < 1.29 is 19.1 Å². The summed E-state index contributed by atoms with van der Waals surface area (Å²) in [6.07, 6.45) is 10.5. The van der Waals surface area contributed by atoms with Gasteiger partial charge in [-0.05, 0) is 42.8 Å². The second kappa shape index (κ2) is 13.0. The quantitative estimate of drug-likeness (QED) is 0.102. The molecule has 2 aromatic rings. The SMILES string of the molecule is CCCCCCCCCCOc1ccc(N=[N+]([O-])c2ccc(OCC3CO3)cc2)cc1. The third kappa shape index (κ3) is 8.97. The van der Waals surface area contributed by atoms with E-state index in [1.165, 1.54) is 44.9 Å². The Morgan fingerprint density at radius 3 is 2.10 bits per heavy atom. The Kier molecular flexibility index (Phi) is 9.64. The molecule has 1 fully saturated rings. The van der Waals surface area contributed by atoms with Crippen molar-refractivity contribution in [2.24, 2.45) is 5.11 Å². The van der Waals surface area contributed by atoms with E-state index in [0.717, 1.165) is 25.4 Å². The summed E-state index contributed by atoms with van der Waals surface area (Å²) in [5, 5.41) is 16.4. The first-order valence-electron chi connectivity index (χ1n) is 11.5. The molecule has 6 nitrogen and oxygen atoms in total. The van der Waals surface area contributed by atoms with Crippen molar-refractivity contribution >= 4 is 11.4 Å². The summed E-state index contributed by atoms with van der Waals surface area (Å²) < 4.78 is 16.5. The Morgan fingerprint density at radius 2 is 1.45 bits per heavy atom. The number of hydrogen-bond donors (Lipinski definition) is 0. The molecule has 0 radical (unpaired) electrons. The molecule has 0 aliphatic carbocycles. The summed E-state index contributed by atoms with van der Waals surface area (Å²) in [5.41, 5.74) is 1.03. The van der Waals surface area contributed by atoms with E-state index in [9.17, 15) is 5.21 Å². The normalized spacial score (nSPS) is 15.6. The Bertz CT molecular complexity index is 786. The van der Waals surface area contributed by atoms with Gasteiger partial charge in [0, 0.05) is 17.2 Å². The fourth-order valence-corrected chi connectivity index (χ4v) is 3.22. The molecule has 3 rings (SSSR count). The highest BCUT2D eigenvalue weighted by Gasteiger charge is 2.23. The second-order valence-corrected chi connectivity index (χ2v) is 7.95. The third-order valence-corrected chi connectivity index (χ3v) is 5.21. The van der Waals surface area contributed by atoms with E-state index in [-0.39, 0.29) is 6.10 Å². The molecular formula is C25H34N2O4. The molecule has 1 aliphatic rings. The number of azo groups is 1. The molecule has 0 aromatic heterocycles. The van der Waals surface area contributed by atoms with E-state index in [2.05, 4.69) is 12.0 Å². The van der Waals surface area contributed by atoms with Gasteiger partial charge in [0.05, 0.1) is 13.2 Å². The Morgan fingerprint density at radius 1 is 0.871 bits per heavy atom. The maximum atomic E-state index is 12.3. The molecule has 0 saturated carbocycles. The predicted octanol–water partition coefficient (Wildman–Crippen LogP) is 6.91. The van der Waals surface area contributed by atoms with Crippen LogP contribution in [0, 0.1) is 5.21 Å². The predicted molar refractivity (Wildman–Crippen MR) is 122 cm³/mol. The smallest absolute Gasteiger partial charge is 0.245 e. The van der Waals surface area contributed by atoms with Crippen LogP contribution in [0.1, 0.15) is 58.3 Å². The van der Waals surface area contributed by atoms with Gasteiger partial charge in [-0.25, -0.2) is 0 Å². The van der Waals surface area contributed by atoms with Crippen LogP contribution in [0.2, 0.25) is 0 Å². The number of hydrogen-bond acceptors (Lipinski definition) is 5. The van der Waals surface area contributed by atoms with Crippen molar-refractivity contribution in [2.45, 2.75) is 64.4 Å². The third-order valence-electron chi connectivity index (χ3n) is 5.21. The molecule has 0 bridgehead atoms. The van der Waals surface area contributed by atoms with Gasteiger partial charge in [0.15, 0.2) is 0 Å². The van der Waals surface area contributed by atoms with E-state index >= 15 is 0 Å². The number of benzene rings is 2. The molecule has 6 heteroatoms. The number of nitrogens with zero attached hydrogens (tertiary/aromatic N) is 2. The summed E-state index contributed by atoms with van der Waals surface area (Å²) in [6, 6.07) is 14.2. The van der Waals surface area contributed by atoms with Crippen LogP contribution in [-0.4, -0.2) is 30.8 Å². The minimum absolute atomic E-state index is 0.206. The highest BCUT2D eigenvalue weighted by Crippen LogP contribution is 2.23. The van der Waals surface area contributed by atoms with Gasteiger partial charge < -0.3 is 19.4 Å². The first-order valence-corrected chi connectivity index (χ1v) is 11.5. The lowest BCUT2D eigenvalue weighted by Gasteiger charge is -2.06. The topological polar surface area (TPSA) is 69.4 Å². The van der Waals surface area contributed by atoms with Crippen LogP contribution in [0.25, 0.3) is 0 Å². The van der Waals surface area contributed by atoms with Gasteiger partial charge in [0.25, 0.3) is 0 Å². The summed E-state index contributed by atoms with van der Waals surface area (Å²) in [7, 11) is 0. The van der Waals surface area contributed by atoms with Crippen LogP contribution in [0.5, 0.6) is 11.5 Å². The van der Waals surface area contributed by atoms with Crippen LogP contribution in [0.3, 0.4) is 0 Å². The van der Waals surface area contributed by atoms with Crippen molar-refractivity contribution in [1.29, 1.82) is 0 Å². The Hall–Kier alpha value is -2.60. The van der Waals surface area contributed by atoms with E-state index in [0.29, 0.717) is 28.6 Å². The summed E-state index contributed by atoms with van der Waals surface area (Å²) >= 11 is 0. The fourth-order valence-electron chi connectivity index (χ4n) is 3.22. The van der Waals surface area contributed by atoms with Crippen LogP contribution in [0.15, 0.2) is 53.6 Å². The molecule has 1 aliphatic heterocycles. The largest absolute Gasteiger partial charge is 0.594 e. The molecular weight excluding hydrogens is 392 g/mol. The van der Waals surface area contributed by atoms with Crippen LogP contribution in [-0.2, 0) is 4.74 Å². The number of epoxide rings is 1. The van der Waals surface area contributed by atoms with Crippen LogP contribution >= 0.6 is 0 Å². The zero-order valence-electron chi connectivity index (χ0n) is 18.5. The molecule has 0 amide bonds. The molecule has 1 unspecified atom stereocenters. The Balaban J connectivity index is 1.36. The molecule has 0 spiro atoms. The molecule has 1 saturated heterocycles. The molecule has 31 heavy (non-hydrogen) atoms. The first kappa shape index (κ1) is 23.1. The molecule has 168 valence electrons. The summed E-state index contributed by atoms with van der Waals surface area (Å²) in [5.74, 6) is 1.52. The summed E-state index contributed by atoms with van der Waals surface area (Å²) in [6.45, 7) is 4.27. The number of rotatable bonds is 15. The van der Waals surface area contributed by atoms with Gasteiger partial charge >= 0.3 is 0 Å². The lowest BCUT2D eigenvalue weighted by Crippen LogP contribution is -2.03. The van der Waals surface area contributed by atoms with Gasteiger partial charge in [-0.2, -0.15) is 0 Å². The number of ether oxygens (including phenoxy) is 3. The fraction of sp³-hybridized carbons (Fsp3) is 0.520. The van der Waals surface area contributed by atoms with Gasteiger partial charge in [0.2, 0.25) is 5.69 Å². The van der Waals surface area contributed by atoms with Gasteiger partial charge in [-0.3, -0.25) is 0 Å². The maximum absolute atomic E-state index is 12.3. The lowest BCUT2D eigenvalue weighted by atomic mass is 10.1. The minimum Gasteiger partial charge on any atom is -0.594 e. The molecule has 0 N–H and O–H groups in total. The summed E-state index contributed by atoms with van der Waals surface area (Å²) in [4.78, 5) is 0.615. The minimum atomic E-state index is 0.206. The van der Waals surface area contributed by atoms with Gasteiger partial charge in [-0.1, -0.05) is 56.7 Å². The monoisotopic (exact) mass is 426 g/mol. The molecule has 2 aromatic carbocycles. The highest BCUT2D eigenvalue weighted by molar-refractivity contribution is 5.41. The average molecular weight is 427 g/mol. The van der Waals surface area contributed by atoms with Crippen molar-refractivity contribution in [2.75, 3.05) is 19.8 Å².